The third-order valence-corrected chi connectivity index (χ3v) is 4.14. The van der Waals surface area contributed by atoms with Crippen LogP contribution in [0.5, 0.6) is 11.5 Å². The number of hydrogen-bond acceptors (Lipinski definition) is 1. The lowest BCUT2D eigenvalue weighted by molar-refractivity contribution is -0.0721. The molecule has 0 unspecified atom stereocenters. The van der Waals surface area contributed by atoms with Crippen LogP contribution in [-0.4, -0.2) is 12.4 Å². The molecular weight excluding hydrogens is 446 g/mol. The molecule has 0 radical (unpaired) electrons. The number of aryl methyl sites for hydroxylation is 2. The summed E-state index contributed by atoms with van der Waals surface area (Å²) in [6.07, 6.45) is -16.7. The van der Waals surface area contributed by atoms with Gasteiger partial charge in [-0.1, -0.05) is 12.1 Å². The molecule has 0 fully saturated rings. The van der Waals surface area contributed by atoms with Gasteiger partial charge in [0.05, 0.1) is 0 Å². The summed E-state index contributed by atoms with van der Waals surface area (Å²) in [7, 11) is 0. The summed E-state index contributed by atoms with van der Waals surface area (Å²) in [4.78, 5) is 0. The first kappa shape index (κ1) is 24.3. The lowest BCUT2D eigenvalue weighted by Crippen LogP contribution is -2.13. The summed E-state index contributed by atoms with van der Waals surface area (Å²) in [5.74, 6) is -0.840. The molecule has 0 amide bonds. The Labute approximate surface area is 169 Å². The summed E-state index contributed by atoms with van der Waals surface area (Å²) >= 11 is 0. The van der Waals surface area contributed by atoms with Crippen LogP contribution in [0.4, 0.5) is 43.9 Å². The normalized spacial score (nSPS) is 11.9. The SMILES string of the molecule is Cc1ccc(Oc2ccc(C)c(C(=C(F)F)C(F)(F)F)c2)cc1C(=C(F)F)C(F)(F)F. The fraction of sp³-hybridized carbons (Fsp3) is 0.200. The van der Waals surface area contributed by atoms with Gasteiger partial charge in [0.25, 0.3) is 12.2 Å². The minimum atomic E-state index is -5.38. The second-order valence-corrected chi connectivity index (χ2v) is 6.32. The monoisotopic (exact) mass is 458 g/mol. The van der Waals surface area contributed by atoms with Gasteiger partial charge >= 0.3 is 12.4 Å². The second-order valence-electron chi connectivity index (χ2n) is 6.32. The van der Waals surface area contributed by atoms with Crippen LogP contribution in [-0.2, 0) is 0 Å². The van der Waals surface area contributed by atoms with Gasteiger partial charge in [0.2, 0.25) is 0 Å². The van der Waals surface area contributed by atoms with Crippen molar-refractivity contribution in [2.75, 3.05) is 0 Å². The van der Waals surface area contributed by atoms with Crippen molar-refractivity contribution in [1.29, 1.82) is 0 Å². The molecular formula is C20H12F10O. The number of ether oxygens (including phenoxy) is 1. The summed E-state index contributed by atoms with van der Waals surface area (Å²) in [5, 5.41) is 0. The molecule has 2 rings (SSSR count). The summed E-state index contributed by atoms with van der Waals surface area (Å²) in [6.45, 7) is 2.28. The summed E-state index contributed by atoms with van der Waals surface area (Å²) in [5.41, 5.74) is -6.52. The van der Waals surface area contributed by atoms with E-state index in [4.69, 9.17) is 4.74 Å². The molecule has 31 heavy (non-hydrogen) atoms. The molecule has 0 N–H and O–H groups in total. The van der Waals surface area contributed by atoms with Crippen LogP contribution in [0.15, 0.2) is 48.6 Å². The number of alkyl halides is 6. The molecule has 0 aliphatic rings. The Hall–Kier alpha value is -2.98. The van der Waals surface area contributed by atoms with Gasteiger partial charge in [-0.2, -0.15) is 43.9 Å². The molecule has 168 valence electrons. The van der Waals surface area contributed by atoms with E-state index >= 15 is 0 Å². The highest BCUT2D eigenvalue weighted by Gasteiger charge is 2.41. The van der Waals surface area contributed by atoms with Gasteiger partial charge < -0.3 is 4.74 Å². The van der Waals surface area contributed by atoms with E-state index in [1.54, 1.807) is 0 Å². The van der Waals surface area contributed by atoms with Gasteiger partial charge in [-0.3, -0.25) is 0 Å². The molecule has 2 aromatic carbocycles. The Morgan fingerprint density at radius 2 is 0.935 bits per heavy atom. The molecule has 0 aliphatic heterocycles. The first-order chi connectivity index (χ1) is 14.1. The lowest BCUT2D eigenvalue weighted by Gasteiger charge is -2.16. The fourth-order valence-electron chi connectivity index (χ4n) is 2.73. The molecule has 0 saturated heterocycles. The van der Waals surface area contributed by atoms with Crippen LogP contribution in [0.2, 0.25) is 0 Å². The zero-order chi connectivity index (χ0) is 23.7. The Kier molecular flexibility index (Phi) is 6.77. The van der Waals surface area contributed by atoms with E-state index in [2.05, 4.69) is 0 Å². The quantitative estimate of drug-likeness (QED) is 0.418. The Morgan fingerprint density at radius 1 is 0.613 bits per heavy atom. The highest BCUT2D eigenvalue weighted by atomic mass is 19.4. The molecule has 0 bridgehead atoms. The molecule has 1 nitrogen and oxygen atoms in total. The average molecular weight is 458 g/mol. The lowest BCUT2D eigenvalue weighted by atomic mass is 10.00. The van der Waals surface area contributed by atoms with Gasteiger partial charge in [-0.15, -0.1) is 0 Å². The van der Waals surface area contributed by atoms with E-state index in [1.165, 1.54) is 0 Å². The first-order valence-corrected chi connectivity index (χ1v) is 8.27. The van der Waals surface area contributed by atoms with Gasteiger partial charge in [0.15, 0.2) is 0 Å². The smallest absolute Gasteiger partial charge is 0.422 e. The second kappa shape index (κ2) is 8.64. The molecule has 0 aromatic heterocycles. The number of halogens is 10. The van der Waals surface area contributed by atoms with Crippen LogP contribution in [0.1, 0.15) is 22.3 Å². The van der Waals surface area contributed by atoms with E-state index < -0.39 is 58.3 Å². The third-order valence-electron chi connectivity index (χ3n) is 4.14. The topological polar surface area (TPSA) is 9.23 Å². The van der Waals surface area contributed by atoms with Crippen molar-refractivity contribution in [1.82, 2.24) is 0 Å². The van der Waals surface area contributed by atoms with Crippen LogP contribution in [0, 0.1) is 13.8 Å². The van der Waals surface area contributed by atoms with Crippen molar-refractivity contribution in [3.05, 3.63) is 70.8 Å². The van der Waals surface area contributed by atoms with Gasteiger partial charge in [0, 0.05) is 0 Å². The van der Waals surface area contributed by atoms with E-state index in [1.807, 2.05) is 0 Å². The molecule has 0 saturated carbocycles. The Bertz CT molecular complexity index is 953. The zero-order valence-electron chi connectivity index (χ0n) is 15.7. The first-order valence-electron chi connectivity index (χ1n) is 8.27. The third kappa shape index (κ3) is 5.59. The molecule has 0 spiro atoms. The van der Waals surface area contributed by atoms with Crippen LogP contribution < -0.4 is 4.74 Å². The van der Waals surface area contributed by atoms with Crippen molar-refractivity contribution in [3.8, 4) is 11.5 Å². The minimum absolute atomic E-state index is 0.168. The molecule has 0 atom stereocenters. The van der Waals surface area contributed by atoms with Gasteiger partial charge in [0.1, 0.15) is 22.6 Å². The number of rotatable bonds is 4. The molecule has 0 heterocycles. The molecule has 0 aliphatic carbocycles. The maximum Gasteiger partial charge on any atom is 0.422 e. The highest BCUT2D eigenvalue weighted by molar-refractivity contribution is 5.75. The number of benzene rings is 2. The molecule has 11 heteroatoms. The van der Waals surface area contributed by atoms with E-state index in [0.717, 1.165) is 38.1 Å². The maximum absolute atomic E-state index is 13.0. The van der Waals surface area contributed by atoms with Gasteiger partial charge in [-0.25, -0.2) is 0 Å². The average Bonchev–Trinajstić information content (AvgIpc) is 2.57. The van der Waals surface area contributed by atoms with Crippen LogP contribution in [0.25, 0.3) is 11.1 Å². The number of hydrogen-bond donors (Lipinski definition) is 0. The largest absolute Gasteiger partial charge is 0.457 e. The predicted molar refractivity (Wildman–Crippen MR) is 92.8 cm³/mol. The van der Waals surface area contributed by atoms with E-state index in [9.17, 15) is 43.9 Å². The van der Waals surface area contributed by atoms with Crippen molar-refractivity contribution in [2.24, 2.45) is 0 Å². The molecule has 2 aromatic rings. The maximum atomic E-state index is 13.0. The van der Waals surface area contributed by atoms with Crippen LogP contribution in [0.3, 0.4) is 0 Å². The van der Waals surface area contributed by atoms with Gasteiger partial charge in [-0.05, 0) is 60.4 Å². The fourth-order valence-corrected chi connectivity index (χ4v) is 2.73. The van der Waals surface area contributed by atoms with Crippen molar-refractivity contribution >= 4 is 11.1 Å². The Balaban J connectivity index is 2.55. The number of allylic oxidation sites excluding steroid dienone is 2. The highest BCUT2D eigenvalue weighted by Crippen LogP contribution is 2.42. The predicted octanol–water partition coefficient (Wildman–Crippen LogP) is 8.44. The Morgan fingerprint density at radius 3 is 1.19 bits per heavy atom. The summed E-state index contributed by atoms with van der Waals surface area (Å²) in [6, 6.07) is 5.53. The van der Waals surface area contributed by atoms with E-state index in [0.29, 0.717) is 12.1 Å². The van der Waals surface area contributed by atoms with E-state index in [-0.39, 0.29) is 11.1 Å². The minimum Gasteiger partial charge on any atom is -0.457 e. The van der Waals surface area contributed by atoms with Crippen LogP contribution >= 0.6 is 0 Å². The zero-order valence-corrected chi connectivity index (χ0v) is 15.7. The van der Waals surface area contributed by atoms with Crippen molar-refractivity contribution in [3.63, 3.8) is 0 Å². The summed E-state index contributed by atoms with van der Waals surface area (Å²) < 4.78 is 135. The van der Waals surface area contributed by atoms with Crippen molar-refractivity contribution in [2.45, 2.75) is 26.2 Å². The van der Waals surface area contributed by atoms with Crippen molar-refractivity contribution < 1.29 is 48.6 Å². The standard InChI is InChI=1S/C20H12F10O/c1-9-3-5-11(7-13(9)15(17(21)22)19(25,26)27)31-12-6-4-10(2)14(8-12)16(18(23)24)20(28,29)30/h3-8H,1-2H3.